The molecule has 0 bridgehead atoms. The van der Waals surface area contributed by atoms with Crippen LogP contribution >= 0.6 is 0 Å². The molecule has 0 spiro atoms. The Morgan fingerprint density at radius 3 is 2.76 bits per heavy atom. The molecule has 0 radical (unpaired) electrons. The van der Waals surface area contributed by atoms with Crippen molar-refractivity contribution in [2.24, 2.45) is 5.92 Å². The van der Waals surface area contributed by atoms with E-state index in [9.17, 15) is 14.4 Å². The van der Waals surface area contributed by atoms with Gasteiger partial charge in [0.05, 0.1) is 11.6 Å². The van der Waals surface area contributed by atoms with E-state index in [1.807, 2.05) is 19.9 Å². The summed E-state index contributed by atoms with van der Waals surface area (Å²) in [5.74, 6) is -0.475. The van der Waals surface area contributed by atoms with Crippen molar-refractivity contribution in [1.82, 2.24) is 10.2 Å². The highest BCUT2D eigenvalue weighted by Gasteiger charge is 2.47. The van der Waals surface area contributed by atoms with E-state index < -0.39 is 17.5 Å². The predicted molar refractivity (Wildman–Crippen MR) is 92.5 cm³/mol. The van der Waals surface area contributed by atoms with Crippen molar-refractivity contribution in [2.75, 3.05) is 11.9 Å². The number of nitriles is 1. The van der Waals surface area contributed by atoms with Gasteiger partial charge >= 0.3 is 6.03 Å². The third kappa shape index (κ3) is 4.35. The largest absolute Gasteiger partial charge is 0.325 e. The number of urea groups is 1. The molecule has 1 aromatic rings. The van der Waals surface area contributed by atoms with E-state index >= 15 is 0 Å². The Morgan fingerprint density at radius 1 is 1.40 bits per heavy atom. The van der Waals surface area contributed by atoms with E-state index in [0.29, 0.717) is 23.6 Å². The number of amides is 4. The van der Waals surface area contributed by atoms with E-state index in [0.717, 1.165) is 11.3 Å². The molecule has 7 nitrogen and oxygen atoms in total. The second-order valence-corrected chi connectivity index (χ2v) is 6.83. The summed E-state index contributed by atoms with van der Waals surface area (Å²) in [7, 11) is 0. The lowest BCUT2D eigenvalue weighted by atomic mass is 9.92. The van der Waals surface area contributed by atoms with Gasteiger partial charge in [-0.1, -0.05) is 19.9 Å². The second-order valence-electron chi connectivity index (χ2n) is 6.83. The number of imide groups is 1. The Kier molecular flexibility index (Phi) is 5.42. The number of rotatable bonds is 6. The molecule has 4 amide bonds. The molecule has 0 unspecified atom stereocenters. The maximum atomic E-state index is 12.6. The van der Waals surface area contributed by atoms with Crippen LogP contribution in [0.1, 0.15) is 39.2 Å². The highest BCUT2D eigenvalue weighted by Crippen LogP contribution is 2.24. The van der Waals surface area contributed by atoms with Gasteiger partial charge in [0.2, 0.25) is 5.91 Å². The smallest absolute Gasteiger partial charge is 0.324 e. The first-order valence-corrected chi connectivity index (χ1v) is 8.19. The van der Waals surface area contributed by atoms with Gasteiger partial charge < -0.3 is 10.6 Å². The molecule has 2 N–H and O–H groups in total. The quantitative estimate of drug-likeness (QED) is 0.774. The lowest BCUT2D eigenvalue weighted by Crippen LogP contribution is -2.44. The maximum absolute atomic E-state index is 12.6. The summed E-state index contributed by atoms with van der Waals surface area (Å²) in [4.78, 5) is 37.8. The first-order chi connectivity index (χ1) is 11.7. The van der Waals surface area contributed by atoms with E-state index in [2.05, 4.69) is 10.6 Å². The molecule has 1 heterocycles. The van der Waals surface area contributed by atoms with Crippen LogP contribution in [0, 0.1) is 17.2 Å². The number of nitrogens with zero attached hydrogens (tertiary/aromatic N) is 2. The van der Waals surface area contributed by atoms with Crippen LogP contribution < -0.4 is 10.6 Å². The van der Waals surface area contributed by atoms with E-state index in [1.165, 1.54) is 6.07 Å². The first-order valence-electron chi connectivity index (χ1n) is 8.19. The summed E-state index contributed by atoms with van der Waals surface area (Å²) in [6.45, 7) is 5.42. The van der Waals surface area contributed by atoms with Gasteiger partial charge in [0, 0.05) is 5.69 Å². The minimum absolute atomic E-state index is 0.362. The van der Waals surface area contributed by atoms with Gasteiger partial charge in [-0.25, -0.2) is 4.79 Å². The van der Waals surface area contributed by atoms with Crippen molar-refractivity contribution in [3.63, 3.8) is 0 Å². The summed E-state index contributed by atoms with van der Waals surface area (Å²) in [6, 6.07) is 7.85. The van der Waals surface area contributed by atoms with E-state index in [1.54, 1.807) is 25.1 Å². The predicted octanol–water partition coefficient (Wildman–Crippen LogP) is 2.24. The number of anilines is 1. The molecule has 132 valence electrons. The molecule has 1 atom stereocenters. The minimum atomic E-state index is -0.970. The topological polar surface area (TPSA) is 102 Å². The zero-order valence-electron chi connectivity index (χ0n) is 14.6. The number of benzene rings is 1. The Balaban J connectivity index is 2.01. The minimum Gasteiger partial charge on any atom is -0.324 e. The molecule has 7 heteroatoms. The Labute approximate surface area is 147 Å². The van der Waals surface area contributed by atoms with Crippen molar-refractivity contribution in [1.29, 1.82) is 5.26 Å². The second kappa shape index (κ2) is 7.34. The first kappa shape index (κ1) is 18.5. The number of carbonyl (C=O) groups excluding carboxylic acids is 3. The van der Waals surface area contributed by atoms with Gasteiger partial charge in [-0.2, -0.15) is 5.26 Å². The number of hydrogen-bond acceptors (Lipinski definition) is 4. The molecule has 1 saturated heterocycles. The molecule has 0 saturated carbocycles. The van der Waals surface area contributed by atoms with Crippen LogP contribution in [0.3, 0.4) is 0 Å². The fraction of sp³-hybridized carbons (Fsp3) is 0.444. The number of hydrogen-bond donors (Lipinski definition) is 2. The summed E-state index contributed by atoms with van der Waals surface area (Å²) in [5.41, 5.74) is -0.116. The van der Waals surface area contributed by atoms with E-state index in [-0.39, 0.29) is 12.5 Å². The van der Waals surface area contributed by atoms with Gasteiger partial charge in [-0.05, 0) is 43.9 Å². The van der Waals surface area contributed by atoms with Gasteiger partial charge in [0.25, 0.3) is 5.91 Å². The van der Waals surface area contributed by atoms with Crippen LogP contribution in [0.25, 0.3) is 0 Å². The third-order valence-corrected chi connectivity index (χ3v) is 4.14. The van der Waals surface area contributed by atoms with Crippen LogP contribution in [0.4, 0.5) is 10.5 Å². The Hall–Kier alpha value is -2.88. The van der Waals surface area contributed by atoms with Crippen LogP contribution in [0.2, 0.25) is 0 Å². The average Bonchev–Trinajstić information content (AvgIpc) is 2.77. The molecule has 25 heavy (non-hydrogen) atoms. The highest BCUT2D eigenvalue weighted by molar-refractivity contribution is 6.09. The lowest BCUT2D eigenvalue weighted by molar-refractivity contribution is -0.133. The summed E-state index contributed by atoms with van der Waals surface area (Å²) in [6.07, 6.45) is 1.32. The van der Waals surface area contributed by atoms with Gasteiger partial charge in [0.1, 0.15) is 12.1 Å². The van der Waals surface area contributed by atoms with Crippen LogP contribution in [0.15, 0.2) is 24.3 Å². The lowest BCUT2D eigenvalue weighted by Gasteiger charge is -2.22. The fourth-order valence-corrected chi connectivity index (χ4v) is 2.65. The molecular formula is C18H22N4O3. The normalized spacial score (nSPS) is 19.7. The van der Waals surface area contributed by atoms with Crippen molar-refractivity contribution >= 4 is 23.5 Å². The molecule has 0 aromatic heterocycles. The molecule has 1 aliphatic heterocycles. The molecule has 0 aliphatic carbocycles. The summed E-state index contributed by atoms with van der Waals surface area (Å²) in [5, 5.41) is 14.2. The van der Waals surface area contributed by atoms with E-state index in [4.69, 9.17) is 5.26 Å². The number of carbonyl (C=O) groups is 3. The Bertz CT molecular complexity index is 738. The monoisotopic (exact) mass is 342 g/mol. The van der Waals surface area contributed by atoms with Crippen molar-refractivity contribution in [3.8, 4) is 6.07 Å². The van der Waals surface area contributed by atoms with Crippen molar-refractivity contribution in [3.05, 3.63) is 29.8 Å². The molecule has 1 fully saturated rings. The Morgan fingerprint density at radius 2 is 2.12 bits per heavy atom. The fourth-order valence-electron chi connectivity index (χ4n) is 2.65. The molecule has 1 aliphatic rings. The summed E-state index contributed by atoms with van der Waals surface area (Å²) >= 11 is 0. The zero-order valence-corrected chi connectivity index (χ0v) is 14.6. The van der Waals surface area contributed by atoms with Gasteiger partial charge in [-0.3, -0.25) is 14.5 Å². The molecule has 2 rings (SSSR count). The van der Waals surface area contributed by atoms with Crippen molar-refractivity contribution < 1.29 is 14.4 Å². The average molecular weight is 342 g/mol. The van der Waals surface area contributed by atoms with Crippen LogP contribution in [-0.2, 0) is 9.59 Å². The van der Waals surface area contributed by atoms with Crippen molar-refractivity contribution in [2.45, 2.75) is 39.2 Å². The number of nitrogens with one attached hydrogen (secondary N) is 2. The maximum Gasteiger partial charge on any atom is 0.325 e. The molecular weight excluding hydrogens is 320 g/mol. The summed E-state index contributed by atoms with van der Waals surface area (Å²) < 4.78 is 0. The van der Waals surface area contributed by atoms with Crippen LogP contribution in [0.5, 0.6) is 0 Å². The molecule has 1 aromatic carbocycles. The van der Waals surface area contributed by atoms with Crippen LogP contribution in [-0.4, -0.2) is 34.8 Å². The SMILES string of the molecule is CC(C)CC[C@@]1(C)NC(=O)N(CC(=O)Nc2cccc(C#N)c2)C1=O. The zero-order chi connectivity index (χ0) is 18.6. The van der Waals surface area contributed by atoms with Gasteiger partial charge in [0.15, 0.2) is 0 Å². The third-order valence-electron chi connectivity index (χ3n) is 4.14. The highest BCUT2D eigenvalue weighted by atomic mass is 16.2. The van der Waals surface area contributed by atoms with Gasteiger partial charge in [-0.15, -0.1) is 0 Å². The standard InChI is InChI=1S/C18H22N4O3/c1-12(2)7-8-18(3)16(24)22(17(25)21-18)11-15(23)20-14-6-4-5-13(9-14)10-19/h4-6,9,12H,7-8,11H2,1-3H3,(H,20,23)(H,21,25)/t18-/m1/s1.